The molecule has 0 unspecified atom stereocenters. The Morgan fingerprint density at radius 3 is 2.60 bits per heavy atom. The maximum Gasteiger partial charge on any atom is 0.0956 e. The van der Waals surface area contributed by atoms with Crippen LogP contribution in [0.3, 0.4) is 0 Å². The Morgan fingerprint density at radius 1 is 1.40 bits per heavy atom. The van der Waals surface area contributed by atoms with E-state index >= 15 is 0 Å². The van der Waals surface area contributed by atoms with E-state index in [0.29, 0.717) is 6.61 Å². The molecule has 0 heterocycles. The van der Waals surface area contributed by atoms with Crippen molar-refractivity contribution >= 4 is 11.8 Å². The first-order valence-corrected chi connectivity index (χ1v) is 6.35. The van der Waals surface area contributed by atoms with Gasteiger partial charge in [0.05, 0.1) is 12.4 Å². The van der Waals surface area contributed by atoms with Gasteiger partial charge in [0.2, 0.25) is 0 Å². The fraction of sp³-hybridized carbons (Fsp3) is 0.385. The van der Waals surface area contributed by atoms with Crippen molar-refractivity contribution in [3.05, 3.63) is 48.1 Å². The summed E-state index contributed by atoms with van der Waals surface area (Å²) in [4.78, 5) is 0. The first-order chi connectivity index (χ1) is 7.28. The van der Waals surface area contributed by atoms with Gasteiger partial charge in [0.15, 0.2) is 0 Å². The Bertz CT molecular complexity index is 251. The van der Waals surface area contributed by atoms with Crippen LogP contribution in [0.5, 0.6) is 0 Å². The molecule has 0 aliphatic rings. The van der Waals surface area contributed by atoms with E-state index in [1.54, 1.807) is 17.8 Å². The van der Waals surface area contributed by atoms with Gasteiger partial charge in [-0.15, -0.1) is 11.8 Å². The topological polar surface area (TPSA) is 9.23 Å². The van der Waals surface area contributed by atoms with Crippen molar-refractivity contribution in [1.82, 2.24) is 0 Å². The van der Waals surface area contributed by atoms with Crippen LogP contribution < -0.4 is 0 Å². The molecule has 0 atom stereocenters. The summed E-state index contributed by atoms with van der Waals surface area (Å²) in [5.74, 6) is 0.984. The number of hydrogen-bond donors (Lipinski definition) is 0. The van der Waals surface area contributed by atoms with Crippen LogP contribution in [0.1, 0.15) is 19.8 Å². The Balaban J connectivity index is 3.95. The average molecular weight is 224 g/mol. The van der Waals surface area contributed by atoms with Crippen molar-refractivity contribution in [2.45, 2.75) is 19.8 Å². The molecule has 0 aliphatic heterocycles. The highest BCUT2D eigenvalue weighted by Crippen LogP contribution is 2.11. The minimum absolute atomic E-state index is 0.700. The van der Waals surface area contributed by atoms with Crippen LogP contribution in [-0.4, -0.2) is 12.9 Å². The highest BCUT2D eigenvalue weighted by atomic mass is 32.2. The predicted molar refractivity (Wildman–Crippen MR) is 70.9 cm³/mol. The standard InChI is InChI=1S/C13H20OS/c1-5-8-13(7-3)14-10-9-12(6-2)11-15-4/h5-6,8,11H,1-2,7,9-10H2,3-4H3/b12-11+,13-8+. The summed E-state index contributed by atoms with van der Waals surface area (Å²) < 4.78 is 5.60. The summed E-state index contributed by atoms with van der Waals surface area (Å²) >= 11 is 1.69. The van der Waals surface area contributed by atoms with Crippen LogP contribution in [0.4, 0.5) is 0 Å². The molecule has 2 heteroatoms. The molecule has 0 spiro atoms. The molecule has 0 rings (SSSR count). The van der Waals surface area contributed by atoms with E-state index in [1.165, 1.54) is 5.57 Å². The van der Waals surface area contributed by atoms with Crippen molar-refractivity contribution in [2.24, 2.45) is 0 Å². The zero-order valence-corrected chi connectivity index (χ0v) is 10.5. The first kappa shape index (κ1) is 14.1. The molecule has 84 valence electrons. The van der Waals surface area contributed by atoms with Crippen molar-refractivity contribution in [2.75, 3.05) is 12.9 Å². The van der Waals surface area contributed by atoms with Crippen LogP contribution in [0, 0.1) is 0 Å². The molecule has 0 saturated heterocycles. The van der Waals surface area contributed by atoms with Crippen LogP contribution in [-0.2, 0) is 4.74 Å². The molecular weight excluding hydrogens is 204 g/mol. The zero-order valence-electron chi connectivity index (χ0n) is 9.66. The van der Waals surface area contributed by atoms with Crippen LogP contribution in [0.2, 0.25) is 0 Å². The van der Waals surface area contributed by atoms with Crippen molar-refractivity contribution in [3.8, 4) is 0 Å². The third-order valence-electron chi connectivity index (χ3n) is 1.86. The summed E-state index contributed by atoms with van der Waals surface area (Å²) in [5.41, 5.74) is 1.22. The fourth-order valence-corrected chi connectivity index (χ4v) is 1.58. The van der Waals surface area contributed by atoms with E-state index in [4.69, 9.17) is 4.74 Å². The summed E-state index contributed by atoms with van der Waals surface area (Å²) in [5, 5.41) is 2.10. The molecule has 1 nitrogen and oxygen atoms in total. The monoisotopic (exact) mass is 224 g/mol. The third-order valence-corrected chi connectivity index (χ3v) is 2.40. The number of ether oxygens (including phenoxy) is 1. The van der Waals surface area contributed by atoms with Crippen molar-refractivity contribution < 1.29 is 4.74 Å². The van der Waals surface area contributed by atoms with Gasteiger partial charge in [-0.05, 0) is 23.3 Å². The predicted octanol–water partition coefficient (Wildman–Crippen LogP) is 4.31. The minimum atomic E-state index is 0.700. The lowest BCUT2D eigenvalue weighted by Gasteiger charge is -2.08. The third kappa shape index (κ3) is 7.09. The van der Waals surface area contributed by atoms with Gasteiger partial charge in [-0.1, -0.05) is 32.2 Å². The Hall–Kier alpha value is -0.890. The van der Waals surface area contributed by atoms with Crippen LogP contribution >= 0.6 is 11.8 Å². The molecule has 0 radical (unpaired) electrons. The molecule has 0 bridgehead atoms. The van der Waals surface area contributed by atoms with Crippen molar-refractivity contribution in [1.29, 1.82) is 0 Å². The summed E-state index contributed by atoms with van der Waals surface area (Å²) in [6.45, 7) is 10.2. The fourth-order valence-electron chi connectivity index (χ4n) is 1.06. The Morgan fingerprint density at radius 2 is 2.13 bits per heavy atom. The van der Waals surface area contributed by atoms with E-state index in [0.717, 1.165) is 18.6 Å². The summed E-state index contributed by atoms with van der Waals surface area (Å²) in [6, 6.07) is 0. The van der Waals surface area contributed by atoms with E-state index < -0.39 is 0 Å². The Kier molecular flexibility index (Phi) is 9.08. The number of hydrogen-bond acceptors (Lipinski definition) is 2. The second-order valence-corrected chi connectivity index (χ2v) is 3.66. The molecule has 0 aromatic rings. The van der Waals surface area contributed by atoms with Gasteiger partial charge in [0, 0.05) is 12.8 Å². The highest BCUT2D eigenvalue weighted by molar-refractivity contribution is 8.01. The molecular formula is C13H20OS. The maximum absolute atomic E-state index is 5.60. The van der Waals surface area contributed by atoms with Crippen molar-refractivity contribution in [3.63, 3.8) is 0 Å². The van der Waals surface area contributed by atoms with Gasteiger partial charge < -0.3 is 4.74 Å². The second-order valence-electron chi connectivity index (χ2n) is 2.95. The largest absolute Gasteiger partial charge is 0.498 e. The molecule has 0 aliphatic carbocycles. The smallest absolute Gasteiger partial charge is 0.0956 e. The summed E-state index contributed by atoms with van der Waals surface area (Å²) in [6.07, 6.45) is 9.39. The van der Waals surface area contributed by atoms with Gasteiger partial charge >= 0.3 is 0 Å². The molecule has 0 aromatic heterocycles. The normalized spacial score (nSPS) is 12.4. The van der Waals surface area contributed by atoms with Gasteiger partial charge in [-0.25, -0.2) is 0 Å². The van der Waals surface area contributed by atoms with E-state index in [-0.39, 0.29) is 0 Å². The van der Waals surface area contributed by atoms with E-state index in [1.807, 2.05) is 18.4 Å². The first-order valence-electron chi connectivity index (χ1n) is 5.07. The molecule has 0 aromatic carbocycles. The van der Waals surface area contributed by atoms with Gasteiger partial charge in [0.1, 0.15) is 0 Å². The lowest BCUT2D eigenvalue weighted by molar-refractivity contribution is 0.209. The van der Waals surface area contributed by atoms with E-state index in [2.05, 4.69) is 25.5 Å². The number of allylic oxidation sites excluding steroid dienone is 4. The molecule has 0 amide bonds. The van der Waals surface area contributed by atoms with Gasteiger partial charge in [-0.3, -0.25) is 0 Å². The minimum Gasteiger partial charge on any atom is -0.498 e. The van der Waals surface area contributed by atoms with Crippen LogP contribution in [0.25, 0.3) is 0 Å². The lowest BCUT2D eigenvalue weighted by atomic mass is 10.2. The molecule has 15 heavy (non-hydrogen) atoms. The molecule has 0 saturated carbocycles. The van der Waals surface area contributed by atoms with Gasteiger partial charge in [0.25, 0.3) is 0 Å². The number of thioether (sulfide) groups is 1. The molecule has 0 N–H and O–H groups in total. The number of rotatable bonds is 8. The second kappa shape index (κ2) is 9.66. The van der Waals surface area contributed by atoms with Gasteiger partial charge in [-0.2, -0.15) is 0 Å². The average Bonchev–Trinajstić information content (AvgIpc) is 2.26. The quantitative estimate of drug-likeness (QED) is 0.449. The summed E-state index contributed by atoms with van der Waals surface area (Å²) in [7, 11) is 0. The zero-order chi connectivity index (χ0) is 11.5. The maximum atomic E-state index is 5.60. The van der Waals surface area contributed by atoms with Crippen LogP contribution in [0.15, 0.2) is 48.1 Å². The van der Waals surface area contributed by atoms with E-state index in [9.17, 15) is 0 Å². The highest BCUT2D eigenvalue weighted by Gasteiger charge is 1.95. The Labute approximate surface area is 97.6 Å². The SMILES string of the molecule is C=C/C=C(\CC)OCC/C(C=C)=C/SC. The molecule has 0 fully saturated rings. The lowest BCUT2D eigenvalue weighted by Crippen LogP contribution is -1.95.